The minimum Gasteiger partial charge on any atom is -0.453 e. The maximum atomic E-state index is 15.2. The highest BCUT2D eigenvalue weighted by atomic mass is 16.5. The summed E-state index contributed by atoms with van der Waals surface area (Å²) < 4.78 is 12.9. The van der Waals surface area contributed by atoms with Crippen molar-refractivity contribution >= 4 is 62.4 Å². The van der Waals surface area contributed by atoms with Crippen LogP contribution >= 0.6 is 0 Å². The number of fused-ring (bicyclic) bond motifs is 4. The fourth-order valence-corrected chi connectivity index (χ4v) is 8.42. The van der Waals surface area contributed by atoms with E-state index < -0.39 is 0 Å². The molecule has 7 aromatic carbocycles. The Hall–Kier alpha value is -6.86. The largest absolute Gasteiger partial charge is 0.453 e. The fraction of sp³-hybridized carbons (Fsp3) is 0.125. The number of carbonyl (C=O) groups is 2. The normalized spacial score (nSPS) is 14.0. The lowest BCUT2D eigenvalue weighted by atomic mass is 9.87. The number of amides is 2. The van der Waals surface area contributed by atoms with Crippen LogP contribution in [0.1, 0.15) is 71.4 Å². The standard InChI is InChI=1S/C48H37N3O4/c1-28(2)30-14-13-15-31(29(3)4)46(30)51-47(52)32-24-26-38(49-34-16-5-9-20-40(34)54-41-21-10-6-17-35(41)49)45-39(27-25-33(44(32)45)48(51)53)50-36-18-7-11-22-42(36)55-43-23-12-8-19-37(43)50/h5-29H,1-4H3. The van der Waals surface area contributed by atoms with E-state index in [1.54, 1.807) is 0 Å². The first kappa shape index (κ1) is 32.8. The molecule has 0 N–H and O–H groups in total. The minimum atomic E-state index is -0.341. The molecular formula is C48H37N3O4. The quantitative estimate of drug-likeness (QED) is 0.165. The van der Waals surface area contributed by atoms with Crippen molar-refractivity contribution in [2.24, 2.45) is 0 Å². The van der Waals surface area contributed by atoms with Gasteiger partial charge in [-0.3, -0.25) is 9.59 Å². The number of imide groups is 1. The van der Waals surface area contributed by atoms with E-state index in [9.17, 15) is 0 Å². The highest BCUT2D eigenvalue weighted by molar-refractivity contribution is 6.38. The van der Waals surface area contributed by atoms with Gasteiger partial charge in [0.2, 0.25) is 0 Å². The van der Waals surface area contributed by atoms with Gasteiger partial charge in [-0.05, 0) is 95.8 Å². The lowest BCUT2D eigenvalue weighted by molar-refractivity contribution is 0.0893. The van der Waals surface area contributed by atoms with E-state index in [2.05, 4.69) is 37.5 Å². The highest BCUT2D eigenvalue weighted by Gasteiger charge is 2.40. The molecule has 0 aliphatic carbocycles. The summed E-state index contributed by atoms with van der Waals surface area (Å²) in [5.41, 5.74) is 8.53. The number of carbonyl (C=O) groups excluding carboxylic acids is 2. The first-order valence-electron chi connectivity index (χ1n) is 18.7. The summed E-state index contributed by atoms with van der Waals surface area (Å²) in [5.74, 6) is 2.31. The van der Waals surface area contributed by atoms with Crippen LogP contribution in [0.15, 0.2) is 140 Å². The Labute approximate surface area is 319 Å². The number of rotatable bonds is 5. The van der Waals surface area contributed by atoms with Crippen molar-refractivity contribution in [1.82, 2.24) is 0 Å². The van der Waals surface area contributed by atoms with Crippen molar-refractivity contribution in [2.45, 2.75) is 39.5 Å². The van der Waals surface area contributed by atoms with Gasteiger partial charge in [-0.25, -0.2) is 4.90 Å². The third kappa shape index (κ3) is 4.82. The Morgan fingerprint density at radius 3 is 1.11 bits per heavy atom. The van der Waals surface area contributed by atoms with E-state index >= 15 is 9.59 Å². The predicted molar refractivity (Wildman–Crippen MR) is 219 cm³/mol. The number of nitrogens with zero attached hydrogens (tertiary/aromatic N) is 3. The van der Waals surface area contributed by atoms with E-state index in [1.807, 2.05) is 140 Å². The molecule has 0 unspecified atom stereocenters. The minimum absolute atomic E-state index is 0.0865. The van der Waals surface area contributed by atoms with Gasteiger partial charge in [0.15, 0.2) is 23.0 Å². The van der Waals surface area contributed by atoms with E-state index in [-0.39, 0.29) is 23.7 Å². The third-order valence-corrected chi connectivity index (χ3v) is 10.9. The monoisotopic (exact) mass is 719 g/mol. The van der Waals surface area contributed by atoms with Gasteiger partial charge in [-0.2, -0.15) is 0 Å². The number of ether oxygens (including phenoxy) is 2. The van der Waals surface area contributed by atoms with Crippen LogP contribution in [0, 0.1) is 0 Å². The molecule has 0 saturated heterocycles. The number of hydrogen-bond donors (Lipinski definition) is 0. The van der Waals surface area contributed by atoms with Gasteiger partial charge < -0.3 is 19.3 Å². The lowest BCUT2D eigenvalue weighted by Crippen LogP contribution is -2.42. The molecule has 10 rings (SSSR count). The molecule has 0 atom stereocenters. The third-order valence-electron chi connectivity index (χ3n) is 10.9. The van der Waals surface area contributed by atoms with E-state index in [0.717, 1.165) is 50.6 Å². The highest BCUT2D eigenvalue weighted by Crippen LogP contribution is 2.57. The Bertz CT molecular complexity index is 2480. The Morgan fingerprint density at radius 2 is 0.745 bits per heavy atom. The summed E-state index contributed by atoms with van der Waals surface area (Å²) in [7, 11) is 0. The molecule has 7 heteroatoms. The Balaban J connectivity index is 1.31. The van der Waals surface area contributed by atoms with Crippen molar-refractivity contribution in [2.75, 3.05) is 14.7 Å². The smallest absolute Gasteiger partial charge is 0.266 e. The second-order valence-corrected chi connectivity index (χ2v) is 14.8. The van der Waals surface area contributed by atoms with Crippen LogP contribution in [0.2, 0.25) is 0 Å². The molecule has 0 saturated carbocycles. The first-order chi connectivity index (χ1) is 26.8. The maximum absolute atomic E-state index is 15.2. The van der Waals surface area contributed by atoms with Crippen molar-refractivity contribution in [3.05, 3.63) is 162 Å². The van der Waals surface area contributed by atoms with Crippen LogP contribution in [0.5, 0.6) is 23.0 Å². The van der Waals surface area contributed by atoms with Gasteiger partial charge in [-0.15, -0.1) is 0 Å². The summed E-state index contributed by atoms with van der Waals surface area (Å²) >= 11 is 0. The first-order valence-corrected chi connectivity index (χ1v) is 18.7. The average Bonchev–Trinajstić information content (AvgIpc) is 3.20. The summed E-state index contributed by atoms with van der Waals surface area (Å²) in [5, 5.41) is 1.37. The second-order valence-electron chi connectivity index (χ2n) is 14.8. The average molecular weight is 720 g/mol. The fourth-order valence-electron chi connectivity index (χ4n) is 8.42. The molecule has 7 nitrogen and oxygen atoms in total. The number of para-hydroxylation sites is 9. The van der Waals surface area contributed by atoms with Crippen LogP contribution in [-0.2, 0) is 0 Å². The number of anilines is 7. The molecule has 55 heavy (non-hydrogen) atoms. The summed E-state index contributed by atoms with van der Waals surface area (Å²) in [6, 6.07) is 45.7. The molecule has 0 fully saturated rings. The zero-order valence-corrected chi connectivity index (χ0v) is 30.9. The van der Waals surface area contributed by atoms with Gasteiger partial charge in [0.1, 0.15) is 0 Å². The molecule has 0 aromatic heterocycles. The second kappa shape index (κ2) is 12.4. The molecule has 0 radical (unpaired) electrons. The van der Waals surface area contributed by atoms with E-state index in [0.29, 0.717) is 45.2 Å². The van der Waals surface area contributed by atoms with Crippen molar-refractivity contribution in [3.63, 3.8) is 0 Å². The summed E-state index contributed by atoms with van der Waals surface area (Å²) in [6.45, 7) is 8.41. The summed E-state index contributed by atoms with van der Waals surface area (Å²) in [6.07, 6.45) is 0. The van der Waals surface area contributed by atoms with Crippen LogP contribution in [0.25, 0.3) is 10.8 Å². The SMILES string of the molecule is CC(C)c1cccc(C(C)C)c1N1C(=O)c2ccc(N3c4ccccc4Oc4ccccc43)c3c(N4c5ccccc5Oc5ccccc54)ccc(c23)C1=O. The van der Waals surface area contributed by atoms with Gasteiger partial charge in [0.25, 0.3) is 11.8 Å². The molecule has 3 aliphatic heterocycles. The molecule has 3 aliphatic rings. The molecule has 7 aromatic rings. The zero-order valence-electron chi connectivity index (χ0n) is 30.9. The van der Waals surface area contributed by atoms with Crippen molar-refractivity contribution in [1.29, 1.82) is 0 Å². The van der Waals surface area contributed by atoms with Crippen LogP contribution in [-0.4, -0.2) is 11.8 Å². The molecule has 0 spiro atoms. The summed E-state index contributed by atoms with van der Waals surface area (Å²) in [4.78, 5) is 36.1. The molecule has 0 bridgehead atoms. The Morgan fingerprint density at radius 1 is 0.382 bits per heavy atom. The molecule has 268 valence electrons. The topological polar surface area (TPSA) is 62.3 Å². The zero-order chi connectivity index (χ0) is 37.5. The van der Waals surface area contributed by atoms with Crippen molar-refractivity contribution in [3.8, 4) is 23.0 Å². The molecule has 2 amide bonds. The lowest BCUT2D eigenvalue weighted by Gasteiger charge is -2.38. The van der Waals surface area contributed by atoms with E-state index in [4.69, 9.17) is 9.47 Å². The predicted octanol–water partition coefficient (Wildman–Crippen LogP) is 13.0. The maximum Gasteiger partial charge on any atom is 0.266 e. The van der Waals surface area contributed by atoms with Crippen molar-refractivity contribution < 1.29 is 19.1 Å². The Kier molecular flexibility index (Phi) is 7.36. The van der Waals surface area contributed by atoms with Gasteiger partial charge in [0, 0.05) is 21.9 Å². The molecular weight excluding hydrogens is 683 g/mol. The molecule has 3 heterocycles. The van der Waals surface area contributed by atoms with Crippen LogP contribution in [0.3, 0.4) is 0 Å². The van der Waals surface area contributed by atoms with Gasteiger partial charge in [0.05, 0.1) is 39.8 Å². The van der Waals surface area contributed by atoms with Crippen LogP contribution in [0.4, 0.5) is 39.8 Å². The van der Waals surface area contributed by atoms with Gasteiger partial charge >= 0.3 is 0 Å². The van der Waals surface area contributed by atoms with Gasteiger partial charge in [-0.1, -0.05) is 94.4 Å². The number of benzene rings is 7. The van der Waals surface area contributed by atoms with E-state index in [1.165, 1.54) is 4.90 Å². The number of hydrogen-bond acceptors (Lipinski definition) is 6. The van der Waals surface area contributed by atoms with Crippen LogP contribution < -0.4 is 24.2 Å².